The zero-order valence-corrected chi connectivity index (χ0v) is 17.7. The van der Waals surface area contributed by atoms with E-state index in [9.17, 15) is 9.59 Å². The summed E-state index contributed by atoms with van der Waals surface area (Å²) in [4.78, 5) is 25.0. The van der Waals surface area contributed by atoms with E-state index in [0.29, 0.717) is 18.7 Å². The monoisotopic (exact) mass is 411 g/mol. The van der Waals surface area contributed by atoms with Crippen molar-refractivity contribution in [3.05, 3.63) is 95.7 Å². The van der Waals surface area contributed by atoms with Crippen LogP contribution in [0.25, 0.3) is 10.9 Å². The molecule has 4 aromatic rings. The van der Waals surface area contributed by atoms with Crippen molar-refractivity contribution in [2.24, 2.45) is 0 Å². The van der Waals surface area contributed by atoms with Gasteiger partial charge in [0.25, 0.3) is 5.91 Å². The molecule has 1 aromatic heterocycles. The predicted octanol–water partition coefficient (Wildman–Crippen LogP) is 5.60. The Bertz CT molecular complexity index is 1240. The molecule has 31 heavy (non-hydrogen) atoms. The molecule has 0 unspecified atom stereocenters. The van der Waals surface area contributed by atoms with Crippen LogP contribution in [0.2, 0.25) is 0 Å². The van der Waals surface area contributed by atoms with Crippen LogP contribution in [0, 0.1) is 6.92 Å². The number of nitrogens with zero attached hydrogens (tertiary/aromatic N) is 1. The maximum Gasteiger partial charge on any atom is 0.272 e. The number of carbonyl (C=O) groups excluding carboxylic acids is 2. The quantitative estimate of drug-likeness (QED) is 0.434. The second kappa shape index (κ2) is 8.88. The Labute approximate surface area is 181 Å². The summed E-state index contributed by atoms with van der Waals surface area (Å²) in [5.74, 6) is -0.213. The van der Waals surface area contributed by atoms with Crippen molar-refractivity contribution in [3.8, 4) is 0 Å². The Morgan fingerprint density at radius 1 is 0.839 bits per heavy atom. The highest BCUT2D eigenvalue weighted by atomic mass is 16.2. The van der Waals surface area contributed by atoms with Gasteiger partial charge in [0.05, 0.1) is 0 Å². The fraction of sp³-hybridized carbons (Fsp3) is 0.154. The van der Waals surface area contributed by atoms with Crippen molar-refractivity contribution in [2.75, 3.05) is 10.6 Å². The Hall–Kier alpha value is -3.86. The smallest absolute Gasteiger partial charge is 0.272 e. The average molecular weight is 412 g/mol. The summed E-state index contributed by atoms with van der Waals surface area (Å²) in [7, 11) is 0. The SMILES string of the molecule is CCC(=O)Nc1ccc2c(c1)cc(C(=O)Nc1ccccc1)n2Cc1cccc(C)c1. The minimum Gasteiger partial charge on any atom is -0.332 e. The molecule has 0 saturated heterocycles. The molecule has 0 saturated carbocycles. The molecular formula is C26H25N3O2. The van der Waals surface area contributed by atoms with Crippen LogP contribution in [0.15, 0.2) is 78.9 Å². The van der Waals surface area contributed by atoms with E-state index in [1.807, 2.05) is 72.2 Å². The lowest BCUT2D eigenvalue weighted by Gasteiger charge is -2.12. The van der Waals surface area contributed by atoms with Gasteiger partial charge in [0.2, 0.25) is 5.91 Å². The summed E-state index contributed by atoms with van der Waals surface area (Å²) in [6.07, 6.45) is 0.414. The topological polar surface area (TPSA) is 63.1 Å². The van der Waals surface area contributed by atoms with E-state index in [1.165, 1.54) is 5.56 Å². The lowest BCUT2D eigenvalue weighted by Crippen LogP contribution is -2.17. The Morgan fingerprint density at radius 3 is 2.39 bits per heavy atom. The molecule has 156 valence electrons. The molecule has 0 atom stereocenters. The Morgan fingerprint density at radius 2 is 1.65 bits per heavy atom. The van der Waals surface area contributed by atoms with Gasteiger partial charge in [-0.1, -0.05) is 55.0 Å². The zero-order valence-electron chi connectivity index (χ0n) is 17.7. The molecule has 0 bridgehead atoms. The summed E-state index contributed by atoms with van der Waals surface area (Å²) >= 11 is 0. The summed E-state index contributed by atoms with van der Waals surface area (Å²) in [5, 5.41) is 6.78. The number of hydrogen-bond donors (Lipinski definition) is 2. The maximum absolute atomic E-state index is 13.2. The Kier molecular flexibility index (Phi) is 5.85. The lowest BCUT2D eigenvalue weighted by atomic mass is 10.1. The van der Waals surface area contributed by atoms with Gasteiger partial charge in [-0.05, 0) is 48.9 Å². The Balaban J connectivity index is 1.75. The predicted molar refractivity (Wildman–Crippen MR) is 126 cm³/mol. The number of rotatable bonds is 6. The first-order valence-electron chi connectivity index (χ1n) is 10.4. The number of nitrogens with one attached hydrogen (secondary N) is 2. The van der Waals surface area contributed by atoms with Gasteiger partial charge in [0, 0.05) is 35.2 Å². The van der Waals surface area contributed by atoms with E-state index in [1.54, 1.807) is 0 Å². The van der Waals surface area contributed by atoms with E-state index in [0.717, 1.165) is 27.8 Å². The van der Waals surface area contributed by atoms with Crippen molar-refractivity contribution in [2.45, 2.75) is 26.8 Å². The van der Waals surface area contributed by atoms with Gasteiger partial charge in [0.15, 0.2) is 0 Å². The fourth-order valence-electron chi connectivity index (χ4n) is 3.67. The number of hydrogen-bond acceptors (Lipinski definition) is 2. The van der Waals surface area contributed by atoms with Crippen LogP contribution in [-0.4, -0.2) is 16.4 Å². The second-order valence-corrected chi connectivity index (χ2v) is 7.60. The normalized spacial score (nSPS) is 10.8. The van der Waals surface area contributed by atoms with Crippen molar-refractivity contribution >= 4 is 34.1 Å². The van der Waals surface area contributed by atoms with Crippen molar-refractivity contribution in [3.63, 3.8) is 0 Å². The van der Waals surface area contributed by atoms with Gasteiger partial charge in [-0.3, -0.25) is 9.59 Å². The molecule has 3 aromatic carbocycles. The third kappa shape index (κ3) is 4.67. The van der Waals surface area contributed by atoms with Crippen LogP contribution < -0.4 is 10.6 Å². The number of aromatic nitrogens is 1. The van der Waals surface area contributed by atoms with Gasteiger partial charge in [-0.15, -0.1) is 0 Å². The molecular weight excluding hydrogens is 386 g/mol. The van der Waals surface area contributed by atoms with Crippen LogP contribution >= 0.6 is 0 Å². The van der Waals surface area contributed by atoms with Crippen LogP contribution in [0.1, 0.15) is 35.0 Å². The largest absolute Gasteiger partial charge is 0.332 e. The number of anilines is 2. The molecule has 2 N–H and O–H groups in total. The van der Waals surface area contributed by atoms with Crippen molar-refractivity contribution in [1.82, 2.24) is 4.57 Å². The highest BCUT2D eigenvalue weighted by molar-refractivity contribution is 6.07. The van der Waals surface area contributed by atoms with Gasteiger partial charge < -0.3 is 15.2 Å². The van der Waals surface area contributed by atoms with Crippen LogP contribution in [-0.2, 0) is 11.3 Å². The molecule has 0 aliphatic heterocycles. The maximum atomic E-state index is 13.2. The summed E-state index contributed by atoms with van der Waals surface area (Å²) in [5.41, 5.74) is 5.27. The number of benzene rings is 3. The summed E-state index contributed by atoms with van der Waals surface area (Å²) in [6.45, 7) is 4.45. The first-order valence-corrected chi connectivity index (χ1v) is 10.4. The lowest BCUT2D eigenvalue weighted by molar-refractivity contribution is -0.115. The average Bonchev–Trinajstić information content (AvgIpc) is 3.12. The third-order valence-electron chi connectivity index (χ3n) is 5.19. The highest BCUT2D eigenvalue weighted by Gasteiger charge is 2.17. The van der Waals surface area contributed by atoms with E-state index < -0.39 is 0 Å². The second-order valence-electron chi connectivity index (χ2n) is 7.60. The number of para-hydroxylation sites is 1. The summed E-state index contributed by atoms with van der Waals surface area (Å²) < 4.78 is 2.02. The van der Waals surface area contributed by atoms with Crippen LogP contribution in [0.3, 0.4) is 0 Å². The number of fused-ring (bicyclic) bond motifs is 1. The van der Waals surface area contributed by atoms with E-state index in [4.69, 9.17) is 0 Å². The number of aryl methyl sites for hydroxylation is 1. The summed E-state index contributed by atoms with van der Waals surface area (Å²) in [6, 6.07) is 25.3. The molecule has 0 aliphatic rings. The minimum absolute atomic E-state index is 0.0411. The minimum atomic E-state index is -0.172. The van der Waals surface area contributed by atoms with Gasteiger partial charge in [0.1, 0.15) is 5.69 Å². The van der Waals surface area contributed by atoms with E-state index in [-0.39, 0.29) is 11.8 Å². The number of amides is 2. The molecule has 0 spiro atoms. The van der Waals surface area contributed by atoms with Crippen LogP contribution in [0.4, 0.5) is 11.4 Å². The first kappa shape index (κ1) is 20.4. The first-order chi connectivity index (χ1) is 15.0. The fourth-order valence-corrected chi connectivity index (χ4v) is 3.67. The van der Waals surface area contributed by atoms with Crippen molar-refractivity contribution in [1.29, 1.82) is 0 Å². The third-order valence-corrected chi connectivity index (χ3v) is 5.19. The van der Waals surface area contributed by atoms with Gasteiger partial charge in [-0.2, -0.15) is 0 Å². The van der Waals surface area contributed by atoms with Crippen molar-refractivity contribution < 1.29 is 9.59 Å². The molecule has 2 amide bonds. The molecule has 5 nitrogen and oxygen atoms in total. The number of carbonyl (C=O) groups is 2. The van der Waals surface area contributed by atoms with E-state index >= 15 is 0 Å². The molecule has 0 fully saturated rings. The zero-order chi connectivity index (χ0) is 21.8. The van der Waals surface area contributed by atoms with Gasteiger partial charge in [-0.25, -0.2) is 0 Å². The molecule has 0 aliphatic carbocycles. The van der Waals surface area contributed by atoms with E-state index in [2.05, 4.69) is 35.8 Å². The molecule has 4 rings (SSSR count). The molecule has 0 radical (unpaired) electrons. The molecule has 1 heterocycles. The van der Waals surface area contributed by atoms with Gasteiger partial charge >= 0.3 is 0 Å². The standard InChI is InChI=1S/C26H25N3O2/c1-3-25(30)27-22-12-13-23-20(15-22)16-24(26(31)28-21-10-5-4-6-11-21)29(23)17-19-9-7-8-18(2)14-19/h4-16H,3,17H2,1-2H3,(H,27,30)(H,28,31). The van der Waals surface area contributed by atoms with Crippen LogP contribution in [0.5, 0.6) is 0 Å². The highest BCUT2D eigenvalue weighted by Crippen LogP contribution is 2.26. The molecule has 5 heteroatoms.